The van der Waals surface area contributed by atoms with Crippen LogP contribution in [0.1, 0.15) is 18.4 Å². The van der Waals surface area contributed by atoms with Crippen molar-refractivity contribution in [1.29, 1.82) is 0 Å². The van der Waals surface area contributed by atoms with Gasteiger partial charge in [0.2, 0.25) is 5.91 Å². The number of carbonyl (C=O) groups excluding carboxylic acids is 3. The van der Waals surface area contributed by atoms with Crippen molar-refractivity contribution < 1.29 is 33.8 Å². The van der Waals surface area contributed by atoms with E-state index in [0.717, 1.165) is 0 Å². The number of carboxylic acid groups (broad SMARTS) is 1. The SMILES string of the molecule is COC(=O)CNC(=O)C1(Nc2cccc(COC(=O)C(=O)O)c2)CC1. The number of esters is 2. The van der Waals surface area contributed by atoms with Crippen LogP contribution in [0.25, 0.3) is 0 Å². The van der Waals surface area contributed by atoms with Gasteiger partial charge >= 0.3 is 17.9 Å². The molecule has 2 rings (SSSR count). The number of carbonyl (C=O) groups is 4. The molecule has 9 nitrogen and oxygen atoms in total. The molecule has 1 aromatic carbocycles. The molecule has 0 aliphatic heterocycles. The van der Waals surface area contributed by atoms with Gasteiger partial charge in [-0.3, -0.25) is 9.59 Å². The summed E-state index contributed by atoms with van der Waals surface area (Å²) in [4.78, 5) is 44.7. The van der Waals surface area contributed by atoms with Crippen LogP contribution in [0.2, 0.25) is 0 Å². The van der Waals surface area contributed by atoms with Crippen LogP contribution < -0.4 is 10.6 Å². The Bertz CT molecular complexity index is 697. The summed E-state index contributed by atoms with van der Waals surface area (Å²) in [7, 11) is 1.24. The molecule has 0 saturated heterocycles. The second-order valence-corrected chi connectivity index (χ2v) is 5.55. The minimum atomic E-state index is -1.66. The van der Waals surface area contributed by atoms with Gasteiger partial charge in [-0.05, 0) is 30.5 Å². The molecule has 0 bridgehead atoms. The Kier molecular flexibility index (Phi) is 5.58. The molecule has 0 radical (unpaired) electrons. The maximum Gasteiger partial charge on any atom is 0.417 e. The monoisotopic (exact) mass is 350 g/mol. The van der Waals surface area contributed by atoms with Crippen molar-refractivity contribution in [3.05, 3.63) is 29.8 Å². The molecule has 134 valence electrons. The van der Waals surface area contributed by atoms with Gasteiger partial charge in [0.25, 0.3) is 0 Å². The molecule has 25 heavy (non-hydrogen) atoms. The maximum absolute atomic E-state index is 12.2. The Morgan fingerprint density at radius 3 is 2.56 bits per heavy atom. The summed E-state index contributed by atoms with van der Waals surface area (Å²) in [5, 5.41) is 14.1. The largest absolute Gasteiger partial charge is 0.473 e. The third-order valence-electron chi connectivity index (χ3n) is 3.66. The van der Waals surface area contributed by atoms with Crippen LogP contribution in [-0.4, -0.2) is 48.1 Å². The summed E-state index contributed by atoms with van der Waals surface area (Å²) < 4.78 is 9.09. The summed E-state index contributed by atoms with van der Waals surface area (Å²) in [6, 6.07) is 6.74. The normalized spacial score (nSPS) is 14.1. The lowest BCUT2D eigenvalue weighted by Gasteiger charge is -2.18. The predicted octanol–water partition coefficient (Wildman–Crippen LogP) is 0.0481. The molecule has 0 spiro atoms. The Morgan fingerprint density at radius 2 is 1.96 bits per heavy atom. The highest BCUT2D eigenvalue weighted by molar-refractivity contribution is 6.28. The molecule has 0 heterocycles. The molecule has 0 unspecified atom stereocenters. The Labute approximate surface area is 143 Å². The minimum absolute atomic E-state index is 0.192. The fraction of sp³-hybridized carbons (Fsp3) is 0.375. The number of benzene rings is 1. The first-order valence-electron chi connectivity index (χ1n) is 7.48. The molecular weight excluding hydrogens is 332 g/mol. The van der Waals surface area contributed by atoms with Crippen molar-refractivity contribution in [2.45, 2.75) is 25.0 Å². The standard InChI is InChI=1S/C16H18N2O7/c1-24-12(19)8-17-15(23)16(5-6-16)18-11-4-2-3-10(7-11)9-25-14(22)13(20)21/h2-4,7,18H,5-6,8-9H2,1H3,(H,17,23)(H,20,21). The number of amides is 1. The van der Waals surface area contributed by atoms with Gasteiger partial charge in [0, 0.05) is 5.69 Å². The molecule has 0 aromatic heterocycles. The van der Waals surface area contributed by atoms with E-state index in [1.807, 2.05) is 0 Å². The van der Waals surface area contributed by atoms with E-state index >= 15 is 0 Å². The first-order chi connectivity index (χ1) is 11.9. The van der Waals surface area contributed by atoms with Crippen molar-refractivity contribution >= 4 is 29.5 Å². The van der Waals surface area contributed by atoms with Crippen molar-refractivity contribution in [2.24, 2.45) is 0 Å². The number of hydrogen-bond acceptors (Lipinski definition) is 7. The van der Waals surface area contributed by atoms with E-state index in [1.165, 1.54) is 7.11 Å². The van der Waals surface area contributed by atoms with E-state index < -0.39 is 23.4 Å². The van der Waals surface area contributed by atoms with Gasteiger partial charge in [0.1, 0.15) is 18.7 Å². The highest BCUT2D eigenvalue weighted by Crippen LogP contribution is 2.39. The van der Waals surface area contributed by atoms with Crippen LogP contribution >= 0.6 is 0 Å². The van der Waals surface area contributed by atoms with Crippen LogP contribution in [0.15, 0.2) is 24.3 Å². The average Bonchev–Trinajstić information content (AvgIpc) is 3.38. The summed E-state index contributed by atoms with van der Waals surface area (Å²) in [5.74, 6) is -3.83. The third-order valence-corrected chi connectivity index (χ3v) is 3.66. The molecule has 1 saturated carbocycles. The average molecular weight is 350 g/mol. The van der Waals surface area contributed by atoms with Gasteiger partial charge < -0.3 is 25.2 Å². The van der Waals surface area contributed by atoms with Crippen molar-refractivity contribution in [1.82, 2.24) is 5.32 Å². The molecule has 1 amide bonds. The second kappa shape index (κ2) is 7.65. The van der Waals surface area contributed by atoms with Crippen LogP contribution in [-0.2, 0) is 35.3 Å². The van der Waals surface area contributed by atoms with E-state index in [-0.39, 0.29) is 19.1 Å². The smallest absolute Gasteiger partial charge is 0.417 e. The first-order valence-corrected chi connectivity index (χ1v) is 7.48. The van der Waals surface area contributed by atoms with E-state index in [0.29, 0.717) is 24.1 Å². The topological polar surface area (TPSA) is 131 Å². The lowest BCUT2D eigenvalue weighted by molar-refractivity contribution is -0.164. The van der Waals surface area contributed by atoms with Gasteiger partial charge in [0.05, 0.1) is 7.11 Å². The molecule has 1 aliphatic rings. The number of aliphatic carboxylic acids is 1. The fourth-order valence-corrected chi connectivity index (χ4v) is 2.15. The lowest BCUT2D eigenvalue weighted by Crippen LogP contribution is -2.43. The number of anilines is 1. The van der Waals surface area contributed by atoms with Crippen molar-refractivity contribution in [3.8, 4) is 0 Å². The molecule has 0 atom stereocenters. The number of nitrogens with one attached hydrogen (secondary N) is 2. The number of rotatable bonds is 7. The van der Waals surface area contributed by atoms with Gasteiger partial charge in [0.15, 0.2) is 0 Å². The molecule has 1 aliphatic carbocycles. The van der Waals surface area contributed by atoms with E-state index in [9.17, 15) is 19.2 Å². The Morgan fingerprint density at radius 1 is 1.24 bits per heavy atom. The Hall–Kier alpha value is -3.10. The van der Waals surface area contributed by atoms with Crippen LogP contribution in [0.5, 0.6) is 0 Å². The summed E-state index contributed by atoms with van der Waals surface area (Å²) >= 11 is 0. The minimum Gasteiger partial charge on any atom is -0.473 e. The van der Waals surface area contributed by atoms with Gasteiger partial charge in [-0.1, -0.05) is 12.1 Å². The molecular formula is C16H18N2O7. The highest BCUT2D eigenvalue weighted by Gasteiger charge is 2.50. The van der Waals surface area contributed by atoms with E-state index in [2.05, 4.69) is 20.1 Å². The number of hydrogen-bond donors (Lipinski definition) is 3. The van der Waals surface area contributed by atoms with Gasteiger partial charge in [-0.15, -0.1) is 0 Å². The second-order valence-electron chi connectivity index (χ2n) is 5.55. The van der Waals surface area contributed by atoms with E-state index in [4.69, 9.17) is 5.11 Å². The number of ether oxygens (including phenoxy) is 2. The summed E-state index contributed by atoms with van der Waals surface area (Å²) in [5.41, 5.74) is 0.407. The zero-order valence-corrected chi connectivity index (χ0v) is 13.5. The van der Waals surface area contributed by atoms with Crippen molar-refractivity contribution in [2.75, 3.05) is 19.0 Å². The highest BCUT2D eigenvalue weighted by atomic mass is 16.6. The maximum atomic E-state index is 12.2. The summed E-state index contributed by atoms with van der Waals surface area (Å²) in [6.45, 7) is -0.397. The zero-order chi connectivity index (χ0) is 18.4. The summed E-state index contributed by atoms with van der Waals surface area (Å²) in [6.07, 6.45) is 1.22. The predicted molar refractivity (Wildman–Crippen MR) is 84.5 cm³/mol. The van der Waals surface area contributed by atoms with Crippen molar-refractivity contribution in [3.63, 3.8) is 0 Å². The van der Waals surface area contributed by atoms with Crippen LogP contribution in [0.3, 0.4) is 0 Å². The third kappa shape index (κ3) is 4.93. The number of carboxylic acids is 1. The van der Waals surface area contributed by atoms with Gasteiger partial charge in [-0.2, -0.15) is 0 Å². The zero-order valence-electron chi connectivity index (χ0n) is 13.5. The fourth-order valence-electron chi connectivity index (χ4n) is 2.15. The molecule has 1 aromatic rings. The number of methoxy groups -OCH3 is 1. The van der Waals surface area contributed by atoms with Crippen LogP contribution in [0.4, 0.5) is 5.69 Å². The molecule has 9 heteroatoms. The Balaban J connectivity index is 1.94. The molecule has 3 N–H and O–H groups in total. The quantitative estimate of drug-likeness (QED) is 0.464. The molecule has 1 fully saturated rings. The van der Waals surface area contributed by atoms with E-state index in [1.54, 1.807) is 24.3 Å². The van der Waals surface area contributed by atoms with Gasteiger partial charge in [-0.25, -0.2) is 9.59 Å². The van der Waals surface area contributed by atoms with Crippen LogP contribution in [0, 0.1) is 0 Å². The first kappa shape index (κ1) is 18.2. The lowest BCUT2D eigenvalue weighted by atomic mass is 10.1.